The quantitative estimate of drug-likeness (QED) is 0.428. The molecule has 0 N–H and O–H groups in total. The molecule has 0 bridgehead atoms. The van der Waals surface area contributed by atoms with Gasteiger partial charge in [-0.25, -0.2) is 13.2 Å². The minimum Gasteiger partial charge on any atom is -0.378 e. The highest BCUT2D eigenvalue weighted by Gasteiger charge is 2.52. The van der Waals surface area contributed by atoms with E-state index in [4.69, 9.17) is 4.74 Å². The summed E-state index contributed by atoms with van der Waals surface area (Å²) in [7, 11) is 1.46. The third kappa shape index (κ3) is 5.37. The highest BCUT2D eigenvalue weighted by molar-refractivity contribution is 5.00. The number of fused-ring (bicyclic) bond motifs is 1. The van der Waals surface area contributed by atoms with E-state index in [-0.39, 0.29) is 11.8 Å². The summed E-state index contributed by atoms with van der Waals surface area (Å²) in [6.45, 7) is 4.50. The van der Waals surface area contributed by atoms with Gasteiger partial charge >= 0.3 is 0 Å². The van der Waals surface area contributed by atoms with E-state index in [2.05, 4.69) is 13.8 Å². The van der Waals surface area contributed by atoms with Crippen LogP contribution in [-0.2, 0) is 4.74 Å². The van der Waals surface area contributed by atoms with E-state index >= 15 is 0 Å². The number of alkyl halides is 3. The van der Waals surface area contributed by atoms with Crippen LogP contribution in [0.1, 0.15) is 78.1 Å². The summed E-state index contributed by atoms with van der Waals surface area (Å²) in [5.41, 5.74) is 0. The molecule has 0 amide bonds. The van der Waals surface area contributed by atoms with E-state index in [0.29, 0.717) is 12.8 Å². The molecule has 25 heavy (non-hydrogen) atoms. The lowest BCUT2D eigenvalue weighted by Crippen LogP contribution is -2.53. The van der Waals surface area contributed by atoms with Crippen LogP contribution in [-0.4, -0.2) is 31.7 Å². The van der Waals surface area contributed by atoms with Gasteiger partial charge in [0, 0.05) is 13.0 Å². The molecular weight excluding hydrogens is 325 g/mol. The minimum atomic E-state index is -1.67. The van der Waals surface area contributed by atoms with Crippen molar-refractivity contribution < 1.29 is 17.9 Å². The predicted octanol–water partition coefficient (Wildman–Crippen LogP) is 6.45. The molecule has 2 saturated carbocycles. The molecule has 148 valence electrons. The summed E-state index contributed by atoms with van der Waals surface area (Å²) in [5, 5.41) is 0. The van der Waals surface area contributed by atoms with Crippen molar-refractivity contribution in [1.29, 1.82) is 0 Å². The Morgan fingerprint density at radius 2 is 1.72 bits per heavy atom. The van der Waals surface area contributed by atoms with Crippen LogP contribution in [0.2, 0.25) is 0 Å². The van der Waals surface area contributed by atoms with Crippen LogP contribution in [0.3, 0.4) is 0 Å². The standard InChI is InChI=1S/C21H37F3O/c1-4-8-14(2)9-6-5-7-10-16-13-15-11-12-17(25-3)20(23)18(15)21(24)19(16)22/h14-21H,4-13H2,1-3H3. The van der Waals surface area contributed by atoms with E-state index in [9.17, 15) is 13.2 Å². The van der Waals surface area contributed by atoms with E-state index in [1.54, 1.807) is 0 Å². The zero-order chi connectivity index (χ0) is 18.4. The number of methoxy groups -OCH3 is 1. The van der Waals surface area contributed by atoms with Crippen molar-refractivity contribution in [3.05, 3.63) is 0 Å². The Morgan fingerprint density at radius 3 is 2.40 bits per heavy atom. The SMILES string of the molecule is CCCC(C)CCCCCC1CC2CCC(OC)C(F)C2C(F)C1F. The Labute approximate surface area is 152 Å². The van der Waals surface area contributed by atoms with Gasteiger partial charge in [-0.3, -0.25) is 0 Å². The lowest BCUT2D eigenvalue weighted by atomic mass is 9.63. The molecule has 0 aromatic heterocycles. The molecule has 2 aliphatic carbocycles. The van der Waals surface area contributed by atoms with Crippen molar-refractivity contribution in [3.8, 4) is 0 Å². The zero-order valence-corrected chi connectivity index (χ0v) is 16.2. The molecule has 4 heteroatoms. The van der Waals surface area contributed by atoms with Crippen molar-refractivity contribution in [2.75, 3.05) is 7.11 Å². The van der Waals surface area contributed by atoms with Gasteiger partial charge in [-0.1, -0.05) is 52.4 Å². The highest BCUT2D eigenvalue weighted by atomic mass is 19.2. The second-order valence-corrected chi connectivity index (χ2v) is 8.55. The Bertz CT molecular complexity index is 376. The Hall–Kier alpha value is -0.250. The molecule has 2 fully saturated rings. The van der Waals surface area contributed by atoms with Gasteiger partial charge in [0.1, 0.15) is 18.5 Å². The van der Waals surface area contributed by atoms with Gasteiger partial charge < -0.3 is 4.74 Å². The van der Waals surface area contributed by atoms with Gasteiger partial charge in [0.25, 0.3) is 0 Å². The fourth-order valence-electron chi connectivity index (χ4n) is 5.18. The van der Waals surface area contributed by atoms with Crippen LogP contribution < -0.4 is 0 Å². The first-order valence-corrected chi connectivity index (χ1v) is 10.4. The normalized spacial score (nSPS) is 39.8. The maximum absolute atomic E-state index is 14.6. The summed E-state index contributed by atoms with van der Waals surface area (Å²) >= 11 is 0. The van der Waals surface area contributed by atoms with Gasteiger partial charge in [-0.2, -0.15) is 0 Å². The maximum atomic E-state index is 14.6. The summed E-state index contributed by atoms with van der Waals surface area (Å²) in [5.74, 6) is -0.282. The molecule has 0 aromatic rings. The van der Waals surface area contributed by atoms with Gasteiger partial charge in [0.15, 0.2) is 0 Å². The van der Waals surface area contributed by atoms with Crippen LogP contribution in [0.5, 0.6) is 0 Å². The average molecular weight is 363 g/mol. The number of halogens is 3. The van der Waals surface area contributed by atoms with Crippen LogP contribution in [0.25, 0.3) is 0 Å². The van der Waals surface area contributed by atoms with E-state index < -0.39 is 30.5 Å². The van der Waals surface area contributed by atoms with E-state index in [1.165, 1.54) is 32.8 Å². The number of unbranched alkanes of at least 4 members (excludes halogenated alkanes) is 2. The molecular formula is C21H37F3O. The van der Waals surface area contributed by atoms with E-state index in [0.717, 1.165) is 31.6 Å². The summed E-state index contributed by atoms with van der Waals surface area (Å²) in [6, 6.07) is 0. The topological polar surface area (TPSA) is 9.23 Å². The molecule has 0 aliphatic heterocycles. The van der Waals surface area contributed by atoms with E-state index in [1.807, 2.05) is 0 Å². The summed E-state index contributed by atoms with van der Waals surface area (Å²) < 4.78 is 48.8. The highest BCUT2D eigenvalue weighted by Crippen LogP contribution is 2.48. The fourth-order valence-corrected chi connectivity index (χ4v) is 5.18. The van der Waals surface area contributed by atoms with Gasteiger partial charge in [-0.05, 0) is 43.4 Å². The van der Waals surface area contributed by atoms with Gasteiger partial charge in [-0.15, -0.1) is 0 Å². The second-order valence-electron chi connectivity index (χ2n) is 8.55. The van der Waals surface area contributed by atoms with Crippen molar-refractivity contribution in [3.63, 3.8) is 0 Å². The van der Waals surface area contributed by atoms with Crippen LogP contribution >= 0.6 is 0 Å². The van der Waals surface area contributed by atoms with Crippen molar-refractivity contribution in [2.24, 2.45) is 23.7 Å². The van der Waals surface area contributed by atoms with Gasteiger partial charge in [0.2, 0.25) is 0 Å². The largest absolute Gasteiger partial charge is 0.378 e. The monoisotopic (exact) mass is 362 g/mol. The van der Waals surface area contributed by atoms with Crippen molar-refractivity contribution in [2.45, 2.75) is 103 Å². The first-order valence-electron chi connectivity index (χ1n) is 10.4. The van der Waals surface area contributed by atoms with Crippen LogP contribution in [0, 0.1) is 23.7 Å². The van der Waals surface area contributed by atoms with Crippen molar-refractivity contribution >= 4 is 0 Å². The van der Waals surface area contributed by atoms with Crippen molar-refractivity contribution in [1.82, 2.24) is 0 Å². The lowest BCUT2D eigenvalue weighted by molar-refractivity contribution is -0.115. The zero-order valence-electron chi connectivity index (χ0n) is 16.2. The Morgan fingerprint density at radius 1 is 0.960 bits per heavy atom. The predicted molar refractivity (Wildman–Crippen MR) is 97.0 cm³/mol. The Balaban J connectivity index is 1.77. The molecule has 0 spiro atoms. The fraction of sp³-hybridized carbons (Fsp3) is 1.00. The number of hydrogen-bond donors (Lipinski definition) is 0. The summed E-state index contributed by atoms with van der Waals surface area (Å²) in [4.78, 5) is 0. The third-order valence-electron chi connectivity index (χ3n) is 6.67. The molecule has 0 radical (unpaired) electrons. The molecule has 1 nitrogen and oxygen atoms in total. The molecule has 0 heterocycles. The molecule has 2 rings (SSSR count). The molecule has 0 saturated heterocycles. The number of ether oxygens (including phenoxy) is 1. The van der Waals surface area contributed by atoms with Crippen LogP contribution in [0.15, 0.2) is 0 Å². The second kappa shape index (κ2) is 10.2. The molecule has 2 aliphatic rings. The summed E-state index contributed by atoms with van der Waals surface area (Å²) in [6.07, 6.45) is 4.67. The smallest absolute Gasteiger partial charge is 0.137 e. The molecule has 8 atom stereocenters. The first kappa shape index (κ1) is 21.1. The molecule has 8 unspecified atom stereocenters. The van der Waals surface area contributed by atoms with Crippen LogP contribution in [0.4, 0.5) is 13.2 Å². The Kier molecular flexibility index (Phi) is 8.57. The first-order chi connectivity index (χ1) is 12.0. The number of rotatable bonds is 9. The molecule has 0 aromatic carbocycles. The minimum absolute atomic E-state index is 0.0158. The third-order valence-corrected chi connectivity index (χ3v) is 6.67. The lowest BCUT2D eigenvalue weighted by Gasteiger charge is -2.47. The maximum Gasteiger partial charge on any atom is 0.137 e. The average Bonchev–Trinajstić information content (AvgIpc) is 2.59. The number of hydrogen-bond acceptors (Lipinski definition) is 1. The van der Waals surface area contributed by atoms with Gasteiger partial charge in [0.05, 0.1) is 6.10 Å².